The summed E-state index contributed by atoms with van der Waals surface area (Å²) < 4.78 is 10.5. The monoisotopic (exact) mass is 187 g/mol. The molecule has 1 unspecified atom stereocenters. The fraction of sp³-hybridized carbons (Fsp3) is 1.00. The Hall–Kier alpha value is -0.120. The van der Waals surface area contributed by atoms with Crippen LogP contribution in [0.25, 0.3) is 0 Å². The molecule has 3 heteroatoms. The van der Waals surface area contributed by atoms with Crippen LogP contribution in [0.4, 0.5) is 0 Å². The number of hydrogen-bond acceptors (Lipinski definition) is 3. The average molecular weight is 187 g/mol. The standard InChI is InChI=1S/C10H21NO2/c1-9(7-12-2)11-5-6-13-8-10-3-4-10/h9-11H,3-8H2,1-2H3. The fourth-order valence-corrected chi connectivity index (χ4v) is 1.22. The van der Waals surface area contributed by atoms with Gasteiger partial charge in [-0.3, -0.25) is 0 Å². The van der Waals surface area contributed by atoms with Crippen LogP contribution in [0, 0.1) is 5.92 Å². The van der Waals surface area contributed by atoms with E-state index < -0.39 is 0 Å². The van der Waals surface area contributed by atoms with E-state index in [-0.39, 0.29) is 0 Å². The first kappa shape index (κ1) is 11.0. The molecule has 3 nitrogen and oxygen atoms in total. The lowest BCUT2D eigenvalue weighted by molar-refractivity contribution is 0.118. The van der Waals surface area contributed by atoms with E-state index in [2.05, 4.69) is 12.2 Å². The topological polar surface area (TPSA) is 30.5 Å². The van der Waals surface area contributed by atoms with Crippen molar-refractivity contribution in [1.29, 1.82) is 0 Å². The smallest absolute Gasteiger partial charge is 0.0613 e. The summed E-state index contributed by atoms with van der Waals surface area (Å²) in [6, 6.07) is 0.425. The maximum absolute atomic E-state index is 5.48. The van der Waals surface area contributed by atoms with Gasteiger partial charge < -0.3 is 14.8 Å². The van der Waals surface area contributed by atoms with Gasteiger partial charge in [-0.1, -0.05) is 0 Å². The van der Waals surface area contributed by atoms with Gasteiger partial charge in [-0.15, -0.1) is 0 Å². The summed E-state index contributed by atoms with van der Waals surface area (Å²) in [4.78, 5) is 0. The summed E-state index contributed by atoms with van der Waals surface area (Å²) in [7, 11) is 1.72. The second-order valence-corrected chi connectivity index (χ2v) is 3.83. The fourth-order valence-electron chi connectivity index (χ4n) is 1.22. The van der Waals surface area contributed by atoms with E-state index in [9.17, 15) is 0 Å². The Morgan fingerprint density at radius 1 is 1.46 bits per heavy atom. The molecule has 1 rings (SSSR count). The predicted octanol–water partition coefficient (Wildman–Crippen LogP) is 1.04. The highest BCUT2D eigenvalue weighted by atomic mass is 16.5. The normalized spacial score (nSPS) is 18.9. The zero-order valence-electron chi connectivity index (χ0n) is 8.71. The molecule has 0 heterocycles. The Labute approximate surface area is 80.8 Å². The van der Waals surface area contributed by atoms with Crippen LogP contribution in [-0.2, 0) is 9.47 Å². The molecule has 1 aliphatic rings. The van der Waals surface area contributed by atoms with E-state index in [0.717, 1.165) is 32.3 Å². The molecule has 0 spiro atoms. The lowest BCUT2D eigenvalue weighted by Crippen LogP contribution is -2.32. The molecule has 13 heavy (non-hydrogen) atoms. The Morgan fingerprint density at radius 2 is 2.23 bits per heavy atom. The number of ether oxygens (including phenoxy) is 2. The molecule has 0 aromatic carbocycles. The van der Waals surface area contributed by atoms with Gasteiger partial charge >= 0.3 is 0 Å². The molecule has 0 bridgehead atoms. The first-order valence-electron chi connectivity index (χ1n) is 5.13. The highest BCUT2D eigenvalue weighted by Crippen LogP contribution is 2.28. The largest absolute Gasteiger partial charge is 0.383 e. The molecule has 1 aliphatic carbocycles. The maximum Gasteiger partial charge on any atom is 0.0613 e. The molecule has 0 aromatic rings. The van der Waals surface area contributed by atoms with Crippen molar-refractivity contribution in [2.75, 3.05) is 33.5 Å². The SMILES string of the molecule is COCC(C)NCCOCC1CC1. The van der Waals surface area contributed by atoms with Gasteiger partial charge in [0.1, 0.15) is 0 Å². The predicted molar refractivity (Wildman–Crippen MR) is 52.9 cm³/mol. The average Bonchev–Trinajstić information content (AvgIpc) is 2.88. The Balaban J connectivity index is 1.76. The lowest BCUT2D eigenvalue weighted by atomic mass is 10.3. The van der Waals surface area contributed by atoms with E-state index in [0.29, 0.717) is 6.04 Å². The van der Waals surface area contributed by atoms with E-state index in [4.69, 9.17) is 9.47 Å². The van der Waals surface area contributed by atoms with Crippen molar-refractivity contribution in [1.82, 2.24) is 5.32 Å². The van der Waals surface area contributed by atoms with Crippen molar-refractivity contribution < 1.29 is 9.47 Å². The third kappa shape index (κ3) is 6.02. The molecule has 0 amide bonds. The maximum atomic E-state index is 5.48. The van der Waals surface area contributed by atoms with Crippen molar-refractivity contribution in [2.24, 2.45) is 5.92 Å². The van der Waals surface area contributed by atoms with Gasteiger partial charge in [0.2, 0.25) is 0 Å². The third-order valence-electron chi connectivity index (χ3n) is 2.21. The summed E-state index contributed by atoms with van der Waals surface area (Å²) in [5.41, 5.74) is 0. The molecule has 0 radical (unpaired) electrons. The molecule has 1 fully saturated rings. The minimum atomic E-state index is 0.425. The summed E-state index contributed by atoms with van der Waals surface area (Å²) in [6.45, 7) is 5.59. The van der Waals surface area contributed by atoms with Gasteiger partial charge in [-0.25, -0.2) is 0 Å². The van der Waals surface area contributed by atoms with Crippen LogP contribution in [0.2, 0.25) is 0 Å². The van der Waals surface area contributed by atoms with Crippen molar-refractivity contribution >= 4 is 0 Å². The summed E-state index contributed by atoms with van der Waals surface area (Å²) in [6.07, 6.45) is 2.74. The van der Waals surface area contributed by atoms with Crippen LogP contribution < -0.4 is 5.32 Å². The number of nitrogens with one attached hydrogen (secondary N) is 1. The van der Waals surface area contributed by atoms with Gasteiger partial charge in [-0.2, -0.15) is 0 Å². The van der Waals surface area contributed by atoms with Crippen molar-refractivity contribution in [2.45, 2.75) is 25.8 Å². The van der Waals surface area contributed by atoms with E-state index in [1.807, 2.05) is 0 Å². The Kier molecular flexibility index (Phi) is 5.35. The van der Waals surface area contributed by atoms with Crippen LogP contribution >= 0.6 is 0 Å². The second kappa shape index (κ2) is 6.35. The van der Waals surface area contributed by atoms with Crippen LogP contribution in [0.1, 0.15) is 19.8 Å². The molecular formula is C10H21NO2. The van der Waals surface area contributed by atoms with Crippen molar-refractivity contribution in [3.8, 4) is 0 Å². The summed E-state index contributed by atoms with van der Waals surface area (Å²) >= 11 is 0. The molecule has 1 atom stereocenters. The minimum Gasteiger partial charge on any atom is -0.383 e. The van der Waals surface area contributed by atoms with Crippen LogP contribution in [0.3, 0.4) is 0 Å². The van der Waals surface area contributed by atoms with Gasteiger partial charge in [0.15, 0.2) is 0 Å². The molecule has 0 saturated heterocycles. The summed E-state index contributed by atoms with van der Waals surface area (Å²) in [5, 5.41) is 3.33. The highest BCUT2D eigenvalue weighted by molar-refractivity contribution is 4.72. The van der Waals surface area contributed by atoms with E-state index >= 15 is 0 Å². The van der Waals surface area contributed by atoms with Crippen LogP contribution in [0.15, 0.2) is 0 Å². The molecule has 1 saturated carbocycles. The van der Waals surface area contributed by atoms with Crippen molar-refractivity contribution in [3.05, 3.63) is 0 Å². The van der Waals surface area contributed by atoms with Gasteiger partial charge in [0.25, 0.3) is 0 Å². The lowest BCUT2D eigenvalue weighted by Gasteiger charge is -2.12. The Morgan fingerprint density at radius 3 is 2.85 bits per heavy atom. The molecule has 1 N–H and O–H groups in total. The number of hydrogen-bond donors (Lipinski definition) is 1. The quantitative estimate of drug-likeness (QED) is 0.576. The van der Waals surface area contributed by atoms with E-state index in [1.54, 1.807) is 7.11 Å². The third-order valence-corrected chi connectivity index (χ3v) is 2.21. The summed E-state index contributed by atoms with van der Waals surface area (Å²) in [5.74, 6) is 0.872. The molecule has 0 aromatic heterocycles. The van der Waals surface area contributed by atoms with E-state index in [1.165, 1.54) is 12.8 Å². The van der Waals surface area contributed by atoms with Crippen molar-refractivity contribution in [3.63, 3.8) is 0 Å². The second-order valence-electron chi connectivity index (χ2n) is 3.83. The Bertz CT molecular complexity index is 126. The molecule has 0 aliphatic heterocycles. The van der Waals surface area contributed by atoms with Gasteiger partial charge in [-0.05, 0) is 25.7 Å². The van der Waals surface area contributed by atoms with Crippen LogP contribution in [0.5, 0.6) is 0 Å². The highest BCUT2D eigenvalue weighted by Gasteiger charge is 2.20. The van der Waals surface area contributed by atoms with Gasteiger partial charge in [0, 0.05) is 26.3 Å². The first-order valence-corrected chi connectivity index (χ1v) is 5.13. The van der Waals surface area contributed by atoms with Gasteiger partial charge in [0.05, 0.1) is 13.2 Å². The van der Waals surface area contributed by atoms with Crippen LogP contribution in [-0.4, -0.2) is 39.5 Å². The first-order chi connectivity index (χ1) is 6.33. The number of methoxy groups -OCH3 is 1. The molecule has 78 valence electrons. The number of rotatable bonds is 8. The zero-order chi connectivity index (χ0) is 9.52. The minimum absolute atomic E-state index is 0.425. The molecular weight excluding hydrogens is 166 g/mol. The zero-order valence-corrected chi connectivity index (χ0v) is 8.71.